The van der Waals surface area contributed by atoms with Crippen molar-refractivity contribution < 1.29 is 19.4 Å². The van der Waals surface area contributed by atoms with Crippen LogP contribution >= 0.6 is 0 Å². The average molecular weight is 264 g/mol. The molecule has 102 valence electrons. The predicted octanol–water partition coefficient (Wildman–Crippen LogP) is 0.784. The lowest BCUT2D eigenvalue weighted by Crippen LogP contribution is -2.37. The second kappa shape index (κ2) is 5.26. The van der Waals surface area contributed by atoms with Gasteiger partial charge in [-0.3, -0.25) is 14.6 Å². The molecular formula is C13H16N2O4. The molecule has 1 fully saturated rings. The van der Waals surface area contributed by atoms with E-state index in [9.17, 15) is 9.59 Å². The Hall–Kier alpha value is -2.11. The number of ether oxygens (including phenoxy) is 1. The van der Waals surface area contributed by atoms with Gasteiger partial charge in [0.2, 0.25) is 0 Å². The van der Waals surface area contributed by atoms with E-state index in [0.717, 1.165) is 0 Å². The molecule has 6 heteroatoms. The van der Waals surface area contributed by atoms with Gasteiger partial charge in [0.05, 0.1) is 11.6 Å². The fourth-order valence-electron chi connectivity index (χ4n) is 2.02. The number of amides is 1. The zero-order chi connectivity index (χ0) is 13.9. The molecule has 1 saturated heterocycles. The van der Waals surface area contributed by atoms with Crippen LogP contribution in [0.25, 0.3) is 0 Å². The lowest BCUT2D eigenvalue weighted by molar-refractivity contribution is -0.147. The summed E-state index contributed by atoms with van der Waals surface area (Å²) >= 11 is 0. The van der Waals surface area contributed by atoms with Crippen LogP contribution in [-0.4, -0.2) is 46.6 Å². The first kappa shape index (κ1) is 13.3. The Labute approximate surface area is 111 Å². The second-order valence-corrected chi connectivity index (χ2v) is 4.91. The van der Waals surface area contributed by atoms with Gasteiger partial charge in [-0.25, -0.2) is 0 Å². The predicted molar refractivity (Wildman–Crippen MR) is 66.7 cm³/mol. The molecule has 0 saturated carbocycles. The van der Waals surface area contributed by atoms with Crippen LogP contribution in [0.5, 0.6) is 5.75 Å². The third kappa shape index (κ3) is 3.01. The van der Waals surface area contributed by atoms with E-state index in [2.05, 4.69) is 4.98 Å². The number of carboxylic acids is 1. The first-order valence-corrected chi connectivity index (χ1v) is 6.05. The van der Waals surface area contributed by atoms with Crippen molar-refractivity contribution in [3.05, 3.63) is 24.5 Å². The highest BCUT2D eigenvalue weighted by Crippen LogP contribution is 2.30. The minimum Gasteiger partial charge on any atom is -0.482 e. The lowest BCUT2D eigenvalue weighted by Gasteiger charge is -2.20. The minimum atomic E-state index is -0.865. The Morgan fingerprint density at radius 2 is 2.37 bits per heavy atom. The first-order valence-electron chi connectivity index (χ1n) is 6.05. The van der Waals surface area contributed by atoms with Gasteiger partial charge in [0, 0.05) is 19.3 Å². The maximum Gasteiger partial charge on any atom is 0.311 e. The van der Waals surface area contributed by atoms with E-state index in [4.69, 9.17) is 9.84 Å². The molecule has 1 amide bonds. The van der Waals surface area contributed by atoms with Crippen LogP contribution in [0.4, 0.5) is 0 Å². The van der Waals surface area contributed by atoms with E-state index >= 15 is 0 Å². The monoisotopic (exact) mass is 264 g/mol. The molecule has 1 aliphatic heterocycles. The van der Waals surface area contributed by atoms with E-state index in [1.165, 1.54) is 11.1 Å². The molecule has 1 aromatic heterocycles. The first-order chi connectivity index (χ1) is 9.01. The van der Waals surface area contributed by atoms with Crippen molar-refractivity contribution in [3.63, 3.8) is 0 Å². The van der Waals surface area contributed by atoms with Gasteiger partial charge in [0.25, 0.3) is 5.91 Å². The Morgan fingerprint density at radius 3 is 2.95 bits per heavy atom. The van der Waals surface area contributed by atoms with Crippen molar-refractivity contribution in [1.29, 1.82) is 0 Å². The molecule has 1 N–H and O–H groups in total. The Balaban J connectivity index is 1.87. The molecule has 1 unspecified atom stereocenters. The van der Waals surface area contributed by atoms with E-state index in [1.807, 2.05) is 0 Å². The number of carbonyl (C=O) groups is 2. The highest BCUT2D eigenvalue weighted by atomic mass is 16.5. The summed E-state index contributed by atoms with van der Waals surface area (Å²) in [5, 5.41) is 9.10. The van der Waals surface area contributed by atoms with Crippen molar-refractivity contribution in [2.45, 2.75) is 13.3 Å². The molecular weight excluding hydrogens is 248 g/mol. The largest absolute Gasteiger partial charge is 0.482 e. The lowest BCUT2D eigenvalue weighted by atomic mass is 9.90. The topological polar surface area (TPSA) is 79.7 Å². The van der Waals surface area contributed by atoms with Crippen LogP contribution in [-0.2, 0) is 9.59 Å². The van der Waals surface area contributed by atoms with Gasteiger partial charge in [0.15, 0.2) is 6.61 Å². The number of aliphatic carboxylic acids is 1. The molecule has 2 heterocycles. The summed E-state index contributed by atoms with van der Waals surface area (Å²) in [7, 11) is 0. The second-order valence-electron chi connectivity index (χ2n) is 4.91. The summed E-state index contributed by atoms with van der Waals surface area (Å²) in [6, 6.07) is 3.43. The molecule has 1 aromatic rings. The molecule has 1 aliphatic rings. The van der Waals surface area contributed by atoms with Crippen LogP contribution in [0.15, 0.2) is 24.5 Å². The number of carbonyl (C=O) groups excluding carboxylic acids is 1. The fourth-order valence-corrected chi connectivity index (χ4v) is 2.02. The molecule has 6 nitrogen and oxygen atoms in total. The zero-order valence-electron chi connectivity index (χ0n) is 10.7. The number of nitrogens with zero attached hydrogens (tertiary/aromatic N) is 2. The highest BCUT2D eigenvalue weighted by molar-refractivity contribution is 5.81. The fraction of sp³-hybridized carbons (Fsp3) is 0.462. The standard InChI is InChI=1S/C13H16N2O4/c1-13(12(17)18)4-6-15(9-13)11(16)8-19-10-3-2-5-14-7-10/h2-3,5,7H,4,6,8-9H2,1H3,(H,17,18). The molecule has 19 heavy (non-hydrogen) atoms. The maximum atomic E-state index is 11.9. The number of likely N-dealkylation sites (tertiary alicyclic amines) is 1. The van der Waals surface area contributed by atoms with E-state index < -0.39 is 11.4 Å². The normalized spacial score (nSPS) is 22.3. The quantitative estimate of drug-likeness (QED) is 0.869. The van der Waals surface area contributed by atoms with Crippen molar-refractivity contribution >= 4 is 11.9 Å². The van der Waals surface area contributed by atoms with E-state index in [0.29, 0.717) is 18.7 Å². The summed E-state index contributed by atoms with van der Waals surface area (Å²) < 4.78 is 5.31. The molecule has 1 atom stereocenters. The molecule has 0 aliphatic carbocycles. The van der Waals surface area contributed by atoms with Crippen LogP contribution in [0, 0.1) is 5.41 Å². The third-order valence-corrected chi connectivity index (χ3v) is 3.34. The molecule has 0 aromatic carbocycles. The minimum absolute atomic E-state index is 0.0958. The Kier molecular flexibility index (Phi) is 3.69. The zero-order valence-corrected chi connectivity index (χ0v) is 10.7. The molecule has 0 spiro atoms. The van der Waals surface area contributed by atoms with Crippen molar-refractivity contribution in [2.75, 3.05) is 19.7 Å². The van der Waals surface area contributed by atoms with Crippen LogP contribution < -0.4 is 4.74 Å². The van der Waals surface area contributed by atoms with Crippen LogP contribution in [0.1, 0.15) is 13.3 Å². The van der Waals surface area contributed by atoms with Gasteiger partial charge in [-0.05, 0) is 25.5 Å². The van der Waals surface area contributed by atoms with Gasteiger partial charge in [-0.15, -0.1) is 0 Å². The highest BCUT2D eigenvalue weighted by Gasteiger charge is 2.42. The Morgan fingerprint density at radius 1 is 1.58 bits per heavy atom. The summed E-state index contributed by atoms with van der Waals surface area (Å²) in [5.41, 5.74) is -0.843. The molecule has 2 rings (SSSR count). The third-order valence-electron chi connectivity index (χ3n) is 3.34. The smallest absolute Gasteiger partial charge is 0.311 e. The number of carboxylic acid groups (broad SMARTS) is 1. The van der Waals surface area contributed by atoms with E-state index in [-0.39, 0.29) is 19.1 Å². The number of hydrogen-bond donors (Lipinski definition) is 1. The van der Waals surface area contributed by atoms with Crippen molar-refractivity contribution in [3.8, 4) is 5.75 Å². The van der Waals surface area contributed by atoms with Crippen molar-refractivity contribution in [1.82, 2.24) is 9.88 Å². The van der Waals surface area contributed by atoms with Gasteiger partial charge in [-0.1, -0.05) is 0 Å². The van der Waals surface area contributed by atoms with Gasteiger partial charge in [-0.2, -0.15) is 0 Å². The summed E-state index contributed by atoms with van der Waals surface area (Å²) in [5.74, 6) is -0.541. The average Bonchev–Trinajstić information content (AvgIpc) is 2.81. The summed E-state index contributed by atoms with van der Waals surface area (Å²) in [6.45, 7) is 2.25. The van der Waals surface area contributed by atoms with Crippen LogP contribution in [0.2, 0.25) is 0 Å². The molecule has 0 radical (unpaired) electrons. The maximum absolute atomic E-state index is 11.9. The Bertz CT molecular complexity index is 477. The van der Waals surface area contributed by atoms with E-state index in [1.54, 1.807) is 25.3 Å². The van der Waals surface area contributed by atoms with Crippen molar-refractivity contribution in [2.24, 2.45) is 5.41 Å². The van der Waals surface area contributed by atoms with Crippen LogP contribution in [0.3, 0.4) is 0 Å². The van der Waals surface area contributed by atoms with Gasteiger partial charge < -0.3 is 14.7 Å². The number of aromatic nitrogens is 1. The summed E-state index contributed by atoms with van der Waals surface area (Å²) in [6.07, 6.45) is 3.62. The number of rotatable bonds is 4. The van der Waals surface area contributed by atoms with Gasteiger partial charge >= 0.3 is 5.97 Å². The number of hydrogen-bond acceptors (Lipinski definition) is 4. The molecule has 0 bridgehead atoms. The van der Waals surface area contributed by atoms with Gasteiger partial charge in [0.1, 0.15) is 5.75 Å². The number of pyridine rings is 1. The SMILES string of the molecule is CC1(C(=O)O)CCN(C(=O)COc2cccnc2)C1. The summed E-state index contributed by atoms with van der Waals surface area (Å²) in [4.78, 5) is 28.4.